The van der Waals surface area contributed by atoms with E-state index in [9.17, 15) is 4.79 Å². The molecule has 0 bridgehead atoms. The maximum absolute atomic E-state index is 11.8. The van der Waals surface area contributed by atoms with Gasteiger partial charge in [-0.15, -0.1) is 11.3 Å². The summed E-state index contributed by atoms with van der Waals surface area (Å²) in [5.74, 6) is 0.645. The van der Waals surface area contributed by atoms with Crippen LogP contribution in [0.25, 0.3) is 0 Å². The van der Waals surface area contributed by atoms with Crippen LogP contribution >= 0.6 is 11.3 Å². The number of anilines is 1. The fourth-order valence-electron chi connectivity index (χ4n) is 1.68. The van der Waals surface area contributed by atoms with E-state index < -0.39 is 0 Å². The van der Waals surface area contributed by atoms with Crippen molar-refractivity contribution in [2.45, 2.75) is 13.0 Å². The summed E-state index contributed by atoms with van der Waals surface area (Å²) in [5.41, 5.74) is 7.16. The van der Waals surface area contributed by atoms with Gasteiger partial charge in [-0.3, -0.25) is 4.79 Å². The SMILES string of the molecule is COc1ccccc1CC(=O)NCc1csc(N)n1. The molecule has 0 aliphatic carbocycles. The van der Waals surface area contributed by atoms with E-state index in [1.807, 2.05) is 29.6 Å². The Labute approximate surface area is 115 Å². The minimum Gasteiger partial charge on any atom is -0.496 e. The summed E-state index contributed by atoms with van der Waals surface area (Å²) in [4.78, 5) is 15.9. The number of amides is 1. The molecule has 0 atom stereocenters. The Hall–Kier alpha value is -2.08. The molecule has 0 fully saturated rings. The number of hydrogen-bond acceptors (Lipinski definition) is 5. The zero-order valence-corrected chi connectivity index (χ0v) is 11.4. The second-order valence-corrected chi connectivity index (χ2v) is 4.83. The summed E-state index contributed by atoms with van der Waals surface area (Å²) in [5, 5.41) is 5.15. The molecule has 1 heterocycles. The van der Waals surface area contributed by atoms with E-state index in [4.69, 9.17) is 10.5 Å². The van der Waals surface area contributed by atoms with Crippen LogP contribution in [0.5, 0.6) is 5.75 Å². The number of carbonyl (C=O) groups excluding carboxylic acids is 1. The average Bonchev–Trinajstić information content (AvgIpc) is 2.83. The third kappa shape index (κ3) is 3.69. The van der Waals surface area contributed by atoms with Crippen LogP contribution in [0, 0.1) is 0 Å². The minimum absolute atomic E-state index is 0.0731. The molecule has 100 valence electrons. The molecular formula is C13H15N3O2S. The number of nitrogens with zero attached hydrogens (tertiary/aromatic N) is 1. The number of nitrogen functional groups attached to an aromatic ring is 1. The summed E-state index contributed by atoms with van der Waals surface area (Å²) < 4.78 is 5.21. The molecule has 6 heteroatoms. The summed E-state index contributed by atoms with van der Waals surface area (Å²) in [6.45, 7) is 0.391. The molecule has 0 unspecified atom stereocenters. The molecule has 0 saturated carbocycles. The molecular weight excluding hydrogens is 262 g/mol. The molecule has 0 radical (unpaired) electrons. The Morgan fingerprint density at radius 1 is 1.47 bits per heavy atom. The van der Waals surface area contributed by atoms with Crippen LogP contribution in [0.2, 0.25) is 0 Å². The molecule has 1 aromatic carbocycles. The third-order valence-electron chi connectivity index (χ3n) is 2.58. The lowest BCUT2D eigenvalue weighted by atomic mass is 10.1. The lowest BCUT2D eigenvalue weighted by molar-refractivity contribution is -0.120. The summed E-state index contributed by atoms with van der Waals surface area (Å²) >= 11 is 1.36. The van der Waals surface area contributed by atoms with E-state index in [1.54, 1.807) is 7.11 Å². The summed E-state index contributed by atoms with van der Waals surface area (Å²) in [6.07, 6.45) is 0.281. The number of benzene rings is 1. The topological polar surface area (TPSA) is 77.2 Å². The highest BCUT2D eigenvalue weighted by molar-refractivity contribution is 7.13. The number of para-hydroxylation sites is 1. The van der Waals surface area contributed by atoms with Gasteiger partial charge in [0.05, 0.1) is 25.8 Å². The molecule has 3 N–H and O–H groups in total. The predicted octanol–water partition coefficient (Wildman–Crippen LogP) is 1.59. The first-order valence-corrected chi connectivity index (χ1v) is 6.65. The molecule has 5 nitrogen and oxygen atoms in total. The number of hydrogen-bond donors (Lipinski definition) is 2. The lowest BCUT2D eigenvalue weighted by Gasteiger charge is -2.08. The van der Waals surface area contributed by atoms with Gasteiger partial charge in [-0.25, -0.2) is 4.98 Å². The van der Waals surface area contributed by atoms with Crippen molar-refractivity contribution in [1.29, 1.82) is 0 Å². The van der Waals surface area contributed by atoms with Crippen LogP contribution in [-0.2, 0) is 17.8 Å². The highest BCUT2D eigenvalue weighted by Gasteiger charge is 2.08. The fraction of sp³-hybridized carbons (Fsp3) is 0.231. The van der Waals surface area contributed by atoms with Crippen molar-refractivity contribution in [3.63, 3.8) is 0 Å². The Morgan fingerprint density at radius 2 is 2.26 bits per heavy atom. The van der Waals surface area contributed by atoms with Gasteiger partial charge in [-0.2, -0.15) is 0 Å². The lowest BCUT2D eigenvalue weighted by Crippen LogP contribution is -2.24. The van der Waals surface area contributed by atoms with Gasteiger partial charge in [0, 0.05) is 10.9 Å². The van der Waals surface area contributed by atoms with Crippen molar-refractivity contribution in [2.75, 3.05) is 12.8 Å². The second kappa shape index (κ2) is 6.19. The van der Waals surface area contributed by atoms with Crippen LogP contribution < -0.4 is 15.8 Å². The molecule has 1 amide bonds. The third-order valence-corrected chi connectivity index (χ3v) is 3.30. The van der Waals surface area contributed by atoms with Crippen LogP contribution in [0.3, 0.4) is 0 Å². The van der Waals surface area contributed by atoms with Crippen molar-refractivity contribution in [3.8, 4) is 5.75 Å². The molecule has 19 heavy (non-hydrogen) atoms. The van der Waals surface area contributed by atoms with Crippen molar-refractivity contribution in [1.82, 2.24) is 10.3 Å². The number of methoxy groups -OCH3 is 1. The standard InChI is InChI=1S/C13H15N3O2S/c1-18-11-5-3-2-4-9(11)6-12(17)15-7-10-8-19-13(14)16-10/h2-5,8H,6-7H2,1H3,(H2,14,16)(H,15,17). The van der Waals surface area contributed by atoms with E-state index in [2.05, 4.69) is 10.3 Å². The zero-order valence-electron chi connectivity index (χ0n) is 10.6. The molecule has 0 aliphatic heterocycles. The first kappa shape index (κ1) is 13.4. The Bertz CT molecular complexity index is 569. The second-order valence-electron chi connectivity index (χ2n) is 3.94. The van der Waals surface area contributed by atoms with Crippen molar-refractivity contribution >= 4 is 22.4 Å². The van der Waals surface area contributed by atoms with Crippen molar-refractivity contribution in [2.24, 2.45) is 0 Å². The summed E-state index contributed by atoms with van der Waals surface area (Å²) in [7, 11) is 1.59. The molecule has 0 aliphatic rings. The number of nitrogens with one attached hydrogen (secondary N) is 1. The van der Waals surface area contributed by atoms with Gasteiger partial charge in [0.2, 0.25) is 5.91 Å². The molecule has 2 aromatic rings. The molecule has 1 aromatic heterocycles. The Balaban J connectivity index is 1.90. The number of rotatable bonds is 5. The van der Waals surface area contributed by atoms with Gasteiger partial charge in [-0.1, -0.05) is 18.2 Å². The van der Waals surface area contributed by atoms with E-state index in [0.29, 0.717) is 11.7 Å². The highest BCUT2D eigenvalue weighted by atomic mass is 32.1. The molecule has 0 spiro atoms. The van der Waals surface area contributed by atoms with Gasteiger partial charge >= 0.3 is 0 Å². The van der Waals surface area contributed by atoms with Crippen LogP contribution in [0.4, 0.5) is 5.13 Å². The van der Waals surface area contributed by atoms with E-state index >= 15 is 0 Å². The first-order valence-electron chi connectivity index (χ1n) is 5.77. The number of nitrogens with two attached hydrogens (primary N) is 1. The smallest absolute Gasteiger partial charge is 0.224 e. The quantitative estimate of drug-likeness (QED) is 0.870. The normalized spacial score (nSPS) is 10.2. The van der Waals surface area contributed by atoms with Gasteiger partial charge in [0.25, 0.3) is 0 Å². The van der Waals surface area contributed by atoms with E-state index in [1.165, 1.54) is 11.3 Å². The monoisotopic (exact) mass is 277 g/mol. The zero-order chi connectivity index (χ0) is 13.7. The highest BCUT2D eigenvalue weighted by Crippen LogP contribution is 2.17. The minimum atomic E-state index is -0.0731. The number of ether oxygens (including phenoxy) is 1. The van der Waals surface area contributed by atoms with Gasteiger partial charge in [0.15, 0.2) is 5.13 Å². The van der Waals surface area contributed by atoms with Gasteiger partial charge in [-0.05, 0) is 6.07 Å². The van der Waals surface area contributed by atoms with Crippen molar-refractivity contribution < 1.29 is 9.53 Å². The van der Waals surface area contributed by atoms with Crippen molar-refractivity contribution in [3.05, 3.63) is 40.9 Å². The fourth-order valence-corrected chi connectivity index (χ4v) is 2.24. The number of thiazole rings is 1. The van der Waals surface area contributed by atoms with Gasteiger partial charge < -0.3 is 15.8 Å². The van der Waals surface area contributed by atoms with Gasteiger partial charge in [0.1, 0.15) is 5.75 Å². The van der Waals surface area contributed by atoms with E-state index in [0.717, 1.165) is 17.0 Å². The number of carbonyl (C=O) groups is 1. The van der Waals surface area contributed by atoms with Crippen LogP contribution in [0.15, 0.2) is 29.6 Å². The molecule has 2 rings (SSSR count). The average molecular weight is 277 g/mol. The van der Waals surface area contributed by atoms with Crippen LogP contribution in [-0.4, -0.2) is 18.0 Å². The van der Waals surface area contributed by atoms with Crippen LogP contribution in [0.1, 0.15) is 11.3 Å². The largest absolute Gasteiger partial charge is 0.496 e. The maximum atomic E-state index is 11.8. The Morgan fingerprint density at radius 3 is 2.95 bits per heavy atom. The number of aromatic nitrogens is 1. The maximum Gasteiger partial charge on any atom is 0.224 e. The summed E-state index contributed by atoms with van der Waals surface area (Å²) in [6, 6.07) is 7.47. The first-order chi connectivity index (χ1) is 9.19. The molecule has 0 saturated heterocycles. The predicted molar refractivity (Wildman–Crippen MR) is 75.1 cm³/mol. The Kier molecular flexibility index (Phi) is 4.35. The van der Waals surface area contributed by atoms with E-state index in [-0.39, 0.29) is 12.3 Å².